The Morgan fingerprint density at radius 2 is 1.52 bits per heavy atom. The lowest BCUT2D eigenvalue weighted by molar-refractivity contribution is -0.159. The van der Waals surface area contributed by atoms with Gasteiger partial charge in [0.1, 0.15) is 6.10 Å². The molecule has 0 aromatic heterocycles. The van der Waals surface area contributed by atoms with Crippen molar-refractivity contribution in [2.75, 3.05) is 0 Å². The third kappa shape index (κ3) is 3.81. The number of rotatable bonds is 3. The highest BCUT2D eigenvalue weighted by molar-refractivity contribution is 5.72. The van der Waals surface area contributed by atoms with Crippen molar-refractivity contribution in [1.82, 2.24) is 0 Å². The molecule has 3 saturated carbocycles. The molecule has 0 heterocycles. The molecule has 2 heteroatoms. The minimum absolute atomic E-state index is 0.122. The lowest BCUT2D eigenvalue weighted by Crippen LogP contribution is -2.34. The first-order valence-electron chi connectivity index (χ1n) is 9.44. The molecule has 0 saturated heterocycles. The fraction of sp³-hybridized carbons (Fsp3) is 0.947. The van der Waals surface area contributed by atoms with E-state index in [0.717, 1.165) is 24.7 Å². The van der Waals surface area contributed by atoms with Crippen molar-refractivity contribution < 1.29 is 9.53 Å². The van der Waals surface area contributed by atoms with E-state index >= 15 is 0 Å². The van der Waals surface area contributed by atoms with E-state index in [1.54, 1.807) is 0 Å². The second-order valence-electron chi connectivity index (χ2n) is 7.85. The topological polar surface area (TPSA) is 26.3 Å². The van der Waals surface area contributed by atoms with Crippen LogP contribution in [0.15, 0.2) is 0 Å². The Balaban J connectivity index is 1.48. The smallest absolute Gasteiger partial charge is 0.309 e. The second kappa shape index (κ2) is 7.15. The second-order valence-corrected chi connectivity index (χ2v) is 7.85. The molecule has 0 amide bonds. The van der Waals surface area contributed by atoms with Gasteiger partial charge in [0.15, 0.2) is 0 Å². The maximum absolute atomic E-state index is 12.5. The van der Waals surface area contributed by atoms with Crippen LogP contribution in [0.25, 0.3) is 0 Å². The van der Waals surface area contributed by atoms with Crippen molar-refractivity contribution in [3.05, 3.63) is 0 Å². The highest BCUT2D eigenvalue weighted by atomic mass is 16.5. The highest BCUT2D eigenvalue weighted by Crippen LogP contribution is 2.43. The molecular formula is C19H32O2. The lowest BCUT2D eigenvalue weighted by Gasteiger charge is -2.39. The highest BCUT2D eigenvalue weighted by Gasteiger charge is 2.36. The third-order valence-electron chi connectivity index (χ3n) is 6.49. The van der Waals surface area contributed by atoms with Crippen LogP contribution in [0.2, 0.25) is 0 Å². The van der Waals surface area contributed by atoms with Gasteiger partial charge in [-0.05, 0) is 56.8 Å². The van der Waals surface area contributed by atoms with Gasteiger partial charge in [0.05, 0.1) is 5.92 Å². The fourth-order valence-corrected chi connectivity index (χ4v) is 5.07. The SMILES string of the molecule is CC(OC(=O)C1CCC2CCCCC2C1)C1CCCCC1. The minimum atomic E-state index is 0.122. The molecule has 0 bridgehead atoms. The van der Waals surface area contributed by atoms with Gasteiger partial charge < -0.3 is 4.74 Å². The molecule has 0 aliphatic heterocycles. The maximum atomic E-state index is 12.5. The summed E-state index contributed by atoms with van der Waals surface area (Å²) in [6.07, 6.45) is 15.7. The summed E-state index contributed by atoms with van der Waals surface area (Å²) in [5.74, 6) is 2.68. The zero-order chi connectivity index (χ0) is 14.7. The molecule has 4 unspecified atom stereocenters. The predicted molar refractivity (Wildman–Crippen MR) is 84.9 cm³/mol. The van der Waals surface area contributed by atoms with Crippen LogP contribution in [0.4, 0.5) is 0 Å². The number of hydrogen-bond donors (Lipinski definition) is 0. The predicted octanol–water partition coefficient (Wildman–Crippen LogP) is 5.10. The van der Waals surface area contributed by atoms with Gasteiger partial charge in [0, 0.05) is 0 Å². The Kier molecular flexibility index (Phi) is 5.24. The fourth-order valence-electron chi connectivity index (χ4n) is 5.07. The van der Waals surface area contributed by atoms with Crippen molar-refractivity contribution in [1.29, 1.82) is 0 Å². The van der Waals surface area contributed by atoms with Crippen molar-refractivity contribution in [2.24, 2.45) is 23.7 Å². The first-order chi connectivity index (χ1) is 10.2. The Morgan fingerprint density at radius 3 is 2.29 bits per heavy atom. The largest absolute Gasteiger partial charge is 0.462 e. The van der Waals surface area contributed by atoms with Gasteiger partial charge in [-0.3, -0.25) is 4.79 Å². The van der Waals surface area contributed by atoms with E-state index < -0.39 is 0 Å². The van der Waals surface area contributed by atoms with Crippen LogP contribution in [0, 0.1) is 23.7 Å². The van der Waals surface area contributed by atoms with Gasteiger partial charge in [-0.25, -0.2) is 0 Å². The molecule has 3 aliphatic rings. The summed E-state index contributed by atoms with van der Waals surface area (Å²) in [4.78, 5) is 12.5. The zero-order valence-corrected chi connectivity index (χ0v) is 13.7. The van der Waals surface area contributed by atoms with E-state index in [4.69, 9.17) is 4.74 Å². The quantitative estimate of drug-likeness (QED) is 0.676. The summed E-state index contributed by atoms with van der Waals surface area (Å²) in [6, 6.07) is 0. The van der Waals surface area contributed by atoms with Gasteiger partial charge in [0.25, 0.3) is 0 Å². The molecule has 0 radical (unpaired) electrons. The number of esters is 1. The summed E-state index contributed by atoms with van der Waals surface area (Å²) in [6.45, 7) is 2.13. The summed E-state index contributed by atoms with van der Waals surface area (Å²) in [5.41, 5.74) is 0. The average molecular weight is 292 g/mol. The van der Waals surface area contributed by atoms with Gasteiger partial charge in [-0.1, -0.05) is 44.9 Å². The van der Waals surface area contributed by atoms with Gasteiger partial charge in [-0.15, -0.1) is 0 Å². The molecule has 0 N–H and O–H groups in total. The van der Waals surface area contributed by atoms with Crippen molar-refractivity contribution in [2.45, 2.75) is 90.1 Å². The average Bonchev–Trinajstić information content (AvgIpc) is 2.55. The van der Waals surface area contributed by atoms with Crippen LogP contribution in [-0.2, 0) is 9.53 Å². The Morgan fingerprint density at radius 1 is 0.857 bits per heavy atom. The standard InChI is InChI=1S/C19H32O2/c1-14(15-7-3-2-4-8-15)21-19(20)18-12-11-16-9-5-6-10-17(16)13-18/h14-18H,2-13H2,1H3. The lowest BCUT2D eigenvalue weighted by atomic mass is 9.67. The van der Waals surface area contributed by atoms with Crippen LogP contribution < -0.4 is 0 Å². The Bertz CT molecular complexity index is 345. The van der Waals surface area contributed by atoms with Crippen LogP contribution in [0.3, 0.4) is 0 Å². The molecular weight excluding hydrogens is 260 g/mol. The number of hydrogen-bond acceptors (Lipinski definition) is 2. The van der Waals surface area contributed by atoms with Gasteiger partial charge in [-0.2, -0.15) is 0 Å². The zero-order valence-electron chi connectivity index (χ0n) is 13.7. The molecule has 2 nitrogen and oxygen atoms in total. The first-order valence-corrected chi connectivity index (χ1v) is 9.44. The minimum Gasteiger partial charge on any atom is -0.462 e. The summed E-state index contributed by atoms with van der Waals surface area (Å²) < 4.78 is 5.87. The third-order valence-corrected chi connectivity index (χ3v) is 6.49. The van der Waals surface area contributed by atoms with E-state index in [1.165, 1.54) is 64.2 Å². The molecule has 0 aromatic carbocycles. The summed E-state index contributed by atoms with van der Waals surface area (Å²) in [7, 11) is 0. The number of carbonyl (C=O) groups excluding carboxylic acids is 1. The molecule has 0 aromatic rings. The number of carbonyl (C=O) groups is 1. The van der Waals surface area contributed by atoms with E-state index in [2.05, 4.69) is 6.92 Å². The van der Waals surface area contributed by atoms with Crippen LogP contribution in [0.1, 0.15) is 84.0 Å². The van der Waals surface area contributed by atoms with Gasteiger partial charge >= 0.3 is 5.97 Å². The van der Waals surface area contributed by atoms with Gasteiger partial charge in [0.2, 0.25) is 0 Å². The van der Waals surface area contributed by atoms with E-state index in [-0.39, 0.29) is 18.0 Å². The summed E-state index contributed by atoms with van der Waals surface area (Å²) >= 11 is 0. The molecule has 3 aliphatic carbocycles. The Labute approximate surface area is 130 Å². The number of ether oxygens (including phenoxy) is 1. The molecule has 4 atom stereocenters. The molecule has 3 rings (SSSR count). The van der Waals surface area contributed by atoms with E-state index in [1.807, 2.05) is 0 Å². The van der Waals surface area contributed by atoms with Crippen molar-refractivity contribution in [3.63, 3.8) is 0 Å². The van der Waals surface area contributed by atoms with Crippen LogP contribution >= 0.6 is 0 Å². The van der Waals surface area contributed by atoms with Crippen molar-refractivity contribution >= 4 is 5.97 Å². The molecule has 0 spiro atoms. The van der Waals surface area contributed by atoms with Crippen LogP contribution in [0.5, 0.6) is 0 Å². The monoisotopic (exact) mass is 292 g/mol. The van der Waals surface area contributed by atoms with Crippen molar-refractivity contribution in [3.8, 4) is 0 Å². The first kappa shape index (κ1) is 15.4. The maximum Gasteiger partial charge on any atom is 0.309 e. The molecule has 21 heavy (non-hydrogen) atoms. The molecule has 120 valence electrons. The molecule has 3 fully saturated rings. The van der Waals surface area contributed by atoms with Crippen LogP contribution in [-0.4, -0.2) is 12.1 Å². The number of fused-ring (bicyclic) bond motifs is 1. The van der Waals surface area contributed by atoms with E-state index in [9.17, 15) is 4.79 Å². The Hall–Kier alpha value is -0.530. The summed E-state index contributed by atoms with van der Waals surface area (Å²) in [5, 5.41) is 0. The normalized spacial score (nSPS) is 35.8. The van der Waals surface area contributed by atoms with E-state index in [0.29, 0.717) is 5.92 Å².